The molecule has 1 aliphatic heterocycles. The van der Waals surface area contributed by atoms with Crippen molar-refractivity contribution in [2.75, 3.05) is 25.5 Å². The van der Waals surface area contributed by atoms with Crippen molar-refractivity contribution in [2.24, 2.45) is 13.0 Å². The van der Waals surface area contributed by atoms with Gasteiger partial charge in [0.1, 0.15) is 5.82 Å². The SMILES string of the molecule is Cn1ccnc1CCN1CCCC(CCCl)C1. The van der Waals surface area contributed by atoms with E-state index in [0.717, 1.165) is 24.8 Å². The normalized spacial score (nSPS) is 21.9. The Kier molecular flexibility index (Phi) is 4.86. The minimum absolute atomic E-state index is 0.803. The Balaban J connectivity index is 1.77. The van der Waals surface area contributed by atoms with Gasteiger partial charge >= 0.3 is 0 Å². The average molecular weight is 256 g/mol. The molecular weight excluding hydrogens is 234 g/mol. The van der Waals surface area contributed by atoms with Crippen molar-refractivity contribution in [1.29, 1.82) is 0 Å². The molecular formula is C13H22ClN3. The van der Waals surface area contributed by atoms with Crippen molar-refractivity contribution < 1.29 is 0 Å². The summed E-state index contributed by atoms with van der Waals surface area (Å²) in [7, 11) is 2.06. The summed E-state index contributed by atoms with van der Waals surface area (Å²) in [4.78, 5) is 6.94. The van der Waals surface area contributed by atoms with E-state index in [2.05, 4.69) is 21.5 Å². The quantitative estimate of drug-likeness (QED) is 0.753. The fourth-order valence-corrected chi connectivity index (χ4v) is 2.95. The summed E-state index contributed by atoms with van der Waals surface area (Å²) in [6.45, 7) is 3.59. The topological polar surface area (TPSA) is 21.1 Å². The van der Waals surface area contributed by atoms with Crippen molar-refractivity contribution >= 4 is 11.6 Å². The third-order valence-corrected chi connectivity index (χ3v) is 3.91. The Bertz CT molecular complexity index is 335. The molecule has 1 fully saturated rings. The Labute approximate surface area is 109 Å². The summed E-state index contributed by atoms with van der Waals surface area (Å²) < 4.78 is 2.11. The lowest BCUT2D eigenvalue weighted by atomic mass is 9.95. The number of rotatable bonds is 5. The molecule has 0 radical (unpaired) electrons. The lowest BCUT2D eigenvalue weighted by Gasteiger charge is -2.32. The van der Waals surface area contributed by atoms with Gasteiger partial charge in [-0.05, 0) is 31.7 Å². The molecule has 3 nitrogen and oxygen atoms in total. The molecule has 1 aromatic rings. The summed E-state index contributed by atoms with van der Waals surface area (Å²) in [5.41, 5.74) is 0. The lowest BCUT2D eigenvalue weighted by Crippen LogP contribution is -2.37. The van der Waals surface area contributed by atoms with Crippen LogP contribution in [0.25, 0.3) is 0 Å². The number of nitrogens with zero attached hydrogens (tertiary/aromatic N) is 3. The van der Waals surface area contributed by atoms with Gasteiger partial charge in [0.25, 0.3) is 0 Å². The van der Waals surface area contributed by atoms with Gasteiger partial charge in [-0.25, -0.2) is 4.98 Å². The summed E-state index contributed by atoms with van der Waals surface area (Å²) in [6, 6.07) is 0. The molecule has 0 aromatic carbocycles. The minimum atomic E-state index is 0.803. The number of alkyl halides is 1. The van der Waals surface area contributed by atoms with E-state index in [9.17, 15) is 0 Å². The fourth-order valence-electron chi connectivity index (χ4n) is 2.64. The second-order valence-electron chi connectivity index (χ2n) is 4.99. The first-order valence-corrected chi connectivity index (χ1v) is 7.07. The van der Waals surface area contributed by atoms with Crippen LogP contribution in [0.5, 0.6) is 0 Å². The van der Waals surface area contributed by atoms with Crippen LogP contribution in [0.15, 0.2) is 12.4 Å². The number of aryl methyl sites for hydroxylation is 1. The molecule has 1 unspecified atom stereocenters. The molecule has 2 rings (SSSR count). The van der Waals surface area contributed by atoms with E-state index < -0.39 is 0 Å². The predicted molar refractivity (Wildman–Crippen MR) is 71.4 cm³/mol. The molecule has 96 valence electrons. The molecule has 0 aliphatic carbocycles. The molecule has 1 aromatic heterocycles. The first-order chi connectivity index (χ1) is 8.29. The summed E-state index contributed by atoms with van der Waals surface area (Å²) >= 11 is 5.83. The van der Waals surface area contributed by atoms with Gasteiger partial charge in [-0.1, -0.05) is 0 Å². The number of hydrogen-bond acceptors (Lipinski definition) is 2. The molecule has 4 heteroatoms. The molecule has 0 spiro atoms. The molecule has 1 saturated heterocycles. The molecule has 0 amide bonds. The standard InChI is InChI=1S/C13H22ClN3/c1-16-10-7-15-13(16)5-9-17-8-2-3-12(11-17)4-6-14/h7,10,12H,2-6,8-9,11H2,1H3. The summed E-state index contributed by atoms with van der Waals surface area (Å²) in [5, 5.41) is 0. The van der Waals surface area contributed by atoms with Crippen molar-refractivity contribution in [3.8, 4) is 0 Å². The van der Waals surface area contributed by atoms with Crippen molar-refractivity contribution in [3.63, 3.8) is 0 Å². The highest BCUT2D eigenvalue weighted by molar-refractivity contribution is 6.17. The maximum atomic E-state index is 5.83. The van der Waals surface area contributed by atoms with Gasteiger partial charge in [-0.2, -0.15) is 0 Å². The second kappa shape index (κ2) is 6.41. The van der Waals surface area contributed by atoms with Gasteiger partial charge in [0, 0.05) is 44.8 Å². The zero-order valence-corrected chi connectivity index (χ0v) is 11.4. The van der Waals surface area contributed by atoms with E-state index in [1.54, 1.807) is 0 Å². The number of likely N-dealkylation sites (tertiary alicyclic amines) is 1. The van der Waals surface area contributed by atoms with Gasteiger partial charge in [-0.3, -0.25) is 0 Å². The Morgan fingerprint density at radius 1 is 1.53 bits per heavy atom. The van der Waals surface area contributed by atoms with Gasteiger partial charge in [-0.15, -0.1) is 11.6 Å². The highest BCUT2D eigenvalue weighted by atomic mass is 35.5. The summed E-state index contributed by atoms with van der Waals surface area (Å²) in [5.74, 6) is 2.80. The Morgan fingerprint density at radius 3 is 3.12 bits per heavy atom. The zero-order chi connectivity index (χ0) is 12.1. The van der Waals surface area contributed by atoms with E-state index in [0.29, 0.717) is 0 Å². The Hall–Kier alpha value is -0.540. The first kappa shape index (κ1) is 12.9. The highest BCUT2D eigenvalue weighted by Crippen LogP contribution is 2.20. The van der Waals surface area contributed by atoms with Crippen LogP contribution in [-0.4, -0.2) is 40.0 Å². The molecule has 0 N–H and O–H groups in total. The van der Waals surface area contributed by atoms with Crippen LogP contribution >= 0.6 is 11.6 Å². The molecule has 1 aliphatic rings. The maximum absolute atomic E-state index is 5.83. The highest BCUT2D eigenvalue weighted by Gasteiger charge is 2.19. The van der Waals surface area contributed by atoms with E-state index in [1.807, 2.05) is 12.4 Å². The minimum Gasteiger partial charge on any atom is -0.338 e. The van der Waals surface area contributed by atoms with Gasteiger partial charge in [0.2, 0.25) is 0 Å². The molecule has 1 atom stereocenters. The lowest BCUT2D eigenvalue weighted by molar-refractivity contribution is 0.173. The van der Waals surface area contributed by atoms with Crippen LogP contribution in [-0.2, 0) is 13.5 Å². The van der Waals surface area contributed by atoms with E-state index >= 15 is 0 Å². The number of imidazole rings is 1. The number of aromatic nitrogens is 2. The first-order valence-electron chi connectivity index (χ1n) is 6.54. The van der Waals surface area contributed by atoms with Crippen LogP contribution in [0, 0.1) is 5.92 Å². The van der Waals surface area contributed by atoms with Crippen LogP contribution in [0.4, 0.5) is 0 Å². The molecule has 2 heterocycles. The zero-order valence-electron chi connectivity index (χ0n) is 10.6. The van der Waals surface area contributed by atoms with E-state index in [-0.39, 0.29) is 0 Å². The third kappa shape index (κ3) is 3.71. The molecule has 17 heavy (non-hydrogen) atoms. The monoisotopic (exact) mass is 255 g/mol. The van der Waals surface area contributed by atoms with Crippen LogP contribution in [0.1, 0.15) is 25.1 Å². The number of hydrogen-bond donors (Lipinski definition) is 0. The van der Waals surface area contributed by atoms with Crippen molar-refractivity contribution in [2.45, 2.75) is 25.7 Å². The maximum Gasteiger partial charge on any atom is 0.109 e. The number of piperidine rings is 1. The van der Waals surface area contributed by atoms with Crippen molar-refractivity contribution in [3.05, 3.63) is 18.2 Å². The third-order valence-electron chi connectivity index (χ3n) is 3.69. The Morgan fingerprint density at radius 2 is 2.41 bits per heavy atom. The smallest absolute Gasteiger partial charge is 0.109 e. The van der Waals surface area contributed by atoms with Crippen molar-refractivity contribution in [1.82, 2.24) is 14.5 Å². The fraction of sp³-hybridized carbons (Fsp3) is 0.769. The second-order valence-corrected chi connectivity index (χ2v) is 5.37. The molecule has 0 saturated carbocycles. The van der Waals surface area contributed by atoms with E-state index in [4.69, 9.17) is 11.6 Å². The summed E-state index contributed by atoms with van der Waals surface area (Å²) in [6.07, 6.45) is 8.79. The van der Waals surface area contributed by atoms with Crippen LogP contribution in [0.3, 0.4) is 0 Å². The number of halogens is 1. The van der Waals surface area contributed by atoms with Gasteiger partial charge in [0.05, 0.1) is 0 Å². The molecule has 0 bridgehead atoms. The van der Waals surface area contributed by atoms with E-state index in [1.165, 1.54) is 38.2 Å². The largest absolute Gasteiger partial charge is 0.338 e. The predicted octanol–water partition coefficient (Wildman–Crippen LogP) is 2.30. The van der Waals surface area contributed by atoms with Crippen LogP contribution < -0.4 is 0 Å². The van der Waals surface area contributed by atoms with Crippen LogP contribution in [0.2, 0.25) is 0 Å². The van der Waals surface area contributed by atoms with Gasteiger partial charge in [0.15, 0.2) is 0 Å². The van der Waals surface area contributed by atoms with Gasteiger partial charge < -0.3 is 9.47 Å². The average Bonchev–Trinajstić information content (AvgIpc) is 2.73.